The second-order valence-corrected chi connectivity index (χ2v) is 9.74. The molecular formula is C27H32O4. The summed E-state index contributed by atoms with van der Waals surface area (Å²) < 4.78 is 9.75. The lowest BCUT2D eigenvalue weighted by atomic mass is 9.62. The fraction of sp³-hybridized carbons (Fsp3) is 0.407. The van der Waals surface area contributed by atoms with Crippen molar-refractivity contribution in [3.63, 3.8) is 0 Å². The van der Waals surface area contributed by atoms with E-state index in [0.29, 0.717) is 16.7 Å². The van der Waals surface area contributed by atoms with Crippen LogP contribution in [-0.2, 0) is 20.3 Å². The number of benzene rings is 2. The van der Waals surface area contributed by atoms with Gasteiger partial charge in [-0.2, -0.15) is 0 Å². The molecule has 1 aliphatic carbocycles. The number of hydrogen-bond acceptors (Lipinski definition) is 4. The van der Waals surface area contributed by atoms with Crippen LogP contribution in [0.25, 0.3) is 5.57 Å². The van der Waals surface area contributed by atoms with Crippen LogP contribution in [0.5, 0.6) is 0 Å². The van der Waals surface area contributed by atoms with Crippen LogP contribution in [0.4, 0.5) is 0 Å². The molecule has 0 bridgehead atoms. The van der Waals surface area contributed by atoms with Crippen molar-refractivity contribution in [2.24, 2.45) is 0 Å². The molecule has 0 aromatic heterocycles. The van der Waals surface area contributed by atoms with Gasteiger partial charge in [0.25, 0.3) is 0 Å². The summed E-state index contributed by atoms with van der Waals surface area (Å²) in [5, 5.41) is 0. The van der Waals surface area contributed by atoms with Crippen molar-refractivity contribution in [2.45, 2.75) is 58.3 Å². The molecule has 0 N–H and O–H groups in total. The van der Waals surface area contributed by atoms with Gasteiger partial charge < -0.3 is 9.47 Å². The maximum Gasteiger partial charge on any atom is 0.337 e. The number of hydrogen-bond donors (Lipinski definition) is 0. The zero-order chi connectivity index (χ0) is 23.1. The number of carbonyl (C=O) groups is 2. The van der Waals surface area contributed by atoms with Crippen molar-refractivity contribution in [1.29, 1.82) is 0 Å². The number of rotatable bonds is 4. The van der Waals surface area contributed by atoms with Gasteiger partial charge in [-0.15, -0.1) is 0 Å². The summed E-state index contributed by atoms with van der Waals surface area (Å²) in [5.41, 5.74) is 7.09. The van der Waals surface area contributed by atoms with Crippen molar-refractivity contribution >= 4 is 17.5 Å². The summed E-state index contributed by atoms with van der Waals surface area (Å²) in [6.45, 7) is 15.6. The Bertz CT molecular complexity index is 1040. The third-order valence-corrected chi connectivity index (χ3v) is 6.65. The Balaban J connectivity index is 2.18. The summed E-state index contributed by atoms with van der Waals surface area (Å²) in [7, 11) is 2.64. The lowest BCUT2D eigenvalue weighted by molar-refractivity contribution is 0.0599. The number of ether oxygens (including phenoxy) is 2. The highest BCUT2D eigenvalue weighted by Gasteiger charge is 2.37. The Kier molecular flexibility index (Phi) is 5.88. The van der Waals surface area contributed by atoms with Gasteiger partial charge in [-0.25, -0.2) is 9.59 Å². The first-order valence-corrected chi connectivity index (χ1v) is 10.6. The van der Waals surface area contributed by atoms with E-state index in [1.54, 1.807) is 12.1 Å². The molecule has 0 spiro atoms. The van der Waals surface area contributed by atoms with E-state index < -0.39 is 11.9 Å². The molecule has 4 nitrogen and oxygen atoms in total. The predicted molar refractivity (Wildman–Crippen MR) is 124 cm³/mol. The molecule has 0 heterocycles. The third-order valence-electron chi connectivity index (χ3n) is 6.65. The molecule has 0 unspecified atom stereocenters. The topological polar surface area (TPSA) is 52.6 Å². The second kappa shape index (κ2) is 7.99. The molecule has 0 saturated carbocycles. The molecular weight excluding hydrogens is 388 g/mol. The van der Waals surface area contributed by atoms with Crippen LogP contribution in [0, 0.1) is 6.92 Å². The number of esters is 2. The fourth-order valence-electron chi connectivity index (χ4n) is 4.48. The minimum absolute atomic E-state index is 0.0681. The Hall–Kier alpha value is -2.88. The summed E-state index contributed by atoms with van der Waals surface area (Å²) in [4.78, 5) is 24.4. The average Bonchev–Trinajstić information content (AvgIpc) is 2.74. The first kappa shape index (κ1) is 22.8. The van der Waals surface area contributed by atoms with E-state index in [2.05, 4.69) is 53.3 Å². The smallest absolute Gasteiger partial charge is 0.337 e. The molecule has 0 saturated heterocycles. The van der Waals surface area contributed by atoms with Crippen molar-refractivity contribution in [3.05, 3.63) is 75.9 Å². The number of carbonyl (C=O) groups excluding carboxylic acids is 2. The van der Waals surface area contributed by atoms with E-state index >= 15 is 0 Å². The lowest BCUT2D eigenvalue weighted by Crippen LogP contribution is -2.34. The minimum Gasteiger partial charge on any atom is -0.465 e. The maximum absolute atomic E-state index is 12.2. The summed E-state index contributed by atoms with van der Waals surface area (Å²) >= 11 is 0. The Morgan fingerprint density at radius 1 is 0.774 bits per heavy atom. The Morgan fingerprint density at radius 3 is 1.65 bits per heavy atom. The normalized spacial score (nSPS) is 16.2. The summed E-state index contributed by atoms with van der Waals surface area (Å²) in [6, 6.07) is 9.45. The molecule has 0 fully saturated rings. The van der Waals surface area contributed by atoms with Crippen molar-refractivity contribution in [2.75, 3.05) is 14.2 Å². The van der Waals surface area contributed by atoms with Crippen molar-refractivity contribution in [3.8, 4) is 0 Å². The molecule has 31 heavy (non-hydrogen) atoms. The van der Waals surface area contributed by atoms with Crippen LogP contribution < -0.4 is 0 Å². The predicted octanol–water partition coefficient (Wildman–Crippen LogP) is 5.98. The molecule has 2 aromatic rings. The van der Waals surface area contributed by atoms with Crippen molar-refractivity contribution in [1.82, 2.24) is 0 Å². The van der Waals surface area contributed by atoms with Gasteiger partial charge in [0.1, 0.15) is 0 Å². The average molecular weight is 421 g/mol. The van der Waals surface area contributed by atoms with Gasteiger partial charge in [0, 0.05) is 0 Å². The van der Waals surface area contributed by atoms with Gasteiger partial charge in [-0.1, -0.05) is 46.4 Å². The second-order valence-electron chi connectivity index (χ2n) is 9.74. The molecule has 164 valence electrons. The summed E-state index contributed by atoms with van der Waals surface area (Å²) in [5.74, 6) is -1.02. The van der Waals surface area contributed by atoms with Crippen LogP contribution in [0.2, 0.25) is 0 Å². The van der Waals surface area contributed by atoms with Gasteiger partial charge in [-0.3, -0.25) is 0 Å². The molecule has 1 aliphatic rings. The van der Waals surface area contributed by atoms with Gasteiger partial charge >= 0.3 is 11.9 Å². The molecule has 4 heteroatoms. The van der Waals surface area contributed by atoms with E-state index in [1.807, 2.05) is 0 Å². The zero-order valence-electron chi connectivity index (χ0n) is 19.6. The first-order valence-electron chi connectivity index (χ1n) is 10.6. The highest BCUT2D eigenvalue weighted by molar-refractivity contribution is 5.97. The van der Waals surface area contributed by atoms with Gasteiger partial charge in [-0.05, 0) is 82.2 Å². The standard InChI is InChI=1S/C27H32O4/c1-16-11-22-23(27(5,6)10-9-26(22,3)4)15-21(16)17(2)18-12-19(24(28)30-7)14-20(13-18)25(29)31-8/h11-15H,2,9-10H2,1,3-8H3. The maximum atomic E-state index is 12.2. The number of methoxy groups -OCH3 is 2. The lowest BCUT2D eigenvalue weighted by Gasteiger charge is -2.42. The number of fused-ring (bicyclic) bond motifs is 1. The largest absolute Gasteiger partial charge is 0.465 e. The molecule has 0 amide bonds. The fourth-order valence-corrected chi connectivity index (χ4v) is 4.48. The van der Waals surface area contributed by atoms with E-state index in [9.17, 15) is 9.59 Å². The van der Waals surface area contributed by atoms with E-state index in [1.165, 1.54) is 31.4 Å². The van der Waals surface area contributed by atoms with Gasteiger partial charge in [0.05, 0.1) is 25.3 Å². The molecule has 0 radical (unpaired) electrons. The van der Waals surface area contributed by atoms with Gasteiger partial charge in [0.15, 0.2) is 0 Å². The van der Waals surface area contributed by atoms with E-state index in [-0.39, 0.29) is 10.8 Å². The van der Waals surface area contributed by atoms with E-state index in [0.717, 1.165) is 29.5 Å². The highest BCUT2D eigenvalue weighted by Crippen LogP contribution is 2.47. The molecule has 3 rings (SSSR count). The van der Waals surface area contributed by atoms with Crippen LogP contribution in [0.3, 0.4) is 0 Å². The SMILES string of the molecule is C=C(c1cc(C(=O)OC)cc(C(=O)OC)c1)c1cc2c(cc1C)C(C)(C)CCC2(C)C. The van der Waals surface area contributed by atoms with Crippen LogP contribution >= 0.6 is 0 Å². The monoisotopic (exact) mass is 420 g/mol. The van der Waals surface area contributed by atoms with Gasteiger partial charge in [0.2, 0.25) is 0 Å². The Morgan fingerprint density at radius 2 is 1.19 bits per heavy atom. The Labute approximate surface area is 185 Å². The van der Waals surface area contributed by atoms with Crippen molar-refractivity contribution < 1.29 is 19.1 Å². The zero-order valence-corrected chi connectivity index (χ0v) is 19.6. The van der Waals surface area contributed by atoms with Crippen LogP contribution in [0.1, 0.15) is 89.1 Å². The third kappa shape index (κ3) is 4.16. The van der Waals surface area contributed by atoms with E-state index in [4.69, 9.17) is 9.47 Å². The summed E-state index contributed by atoms with van der Waals surface area (Å²) in [6.07, 6.45) is 2.27. The molecule has 0 aliphatic heterocycles. The minimum atomic E-state index is -0.509. The molecule has 0 atom stereocenters. The molecule has 2 aromatic carbocycles. The number of aryl methyl sites for hydroxylation is 1. The highest BCUT2D eigenvalue weighted by atomic mass is 16.5. The quantitative estimate of drug-likeness (QED) is 0.571. The van der Waals surface area contributed by atoms with Crippen LogP contribution in [0.15, 0.2) is 36.9 Å². The first-order chi connectivity index (χ1) is 14.4. The van der Waals surface area contributed by atoms with Crippen LogP contribution in [-0.4, -0.2) is 26.2 Å².